The van der Waals surface area contributed by atoms with Crippen LogP contribution in [-0.2, 0) is 28.6 Å². The lowest BCUT2D eigenvalue weighted by Gasteiger charge is -2.15. The first-order valence-corrected chi connectivity index (χ1v) is 11.5. The van der Waals surface area contributed by atoms with E-state index in [0.717, 1.165) is 31.8 Å². The molecule has 0 fully saturated rings. The van der Waals surface area contributed by atoms with Gasteiger partial charge in [0.05, 0.1) is 19.1 Å². The lowest BCUT2D eigenvalue weighted by Crippen LogP contribution is -2.24. The third-order valence-electron chi connectivity index (χ3n) is 3.16. The van der Waals surface area contributed by atoms with Gasteiger partial charge in [-0.05, 0) is 6.42 Å². The van der Waals surface area contributed by atoms with Gasteiger partial charge in [-0.15, -0.1) is 0 Å². The Morgan fingerprint density at radius 3 is 1.73 bits per heavy atom. The van der Waals surface area contributed by atoms with Gasteiger partial charge in [-0.1, -0.05) is 58.3 Å². The molecule has 1 atom stereocenters. The fourth-order valence-electron chi connectivity index (χ4n) is 2.11. The monoisotopic (exact) mass is 358 g/mol. The molecule has 0 amide bonds. The molecule has 0 spiro atoms. The Morgan fingerprint density at radius 1 is 0.773 bits per heavy atom. The Morgan fingerprint density at radius 2 is 1.27 bits per heavy atom. The average molecular weight is 359 g/mol. The molecule has 0 heterocycles. The highest BCUT2D eigenvalue weighted by Gasteiger charge is 2.18. The summed E-state index contributed by atoms with van der Waals surface area (Å²) in [6, 6.07) is 0. The van der Waals surface area contributed by atoms with E-state index in [-0.39, 0.29) is 6.61 Å². The van der Waals surface area contributed by atoms with E-state index < -0.39 is 26.3 Å². The molecule has 0 aromatic carbocycles. The second-order valence-corrected chi connectivity index (χ2v) is 8.92. The summed E-state index contributed by atoms with van der Waals surface area (Å²) in [5.41, 5.74) is 0. The van der Waals surface area contributed by atoms with Gasteiger partial charge in [0.2, 0.25) is 0 Å². The molecule has 0 radical (unpaired) electrons. The average Bonchev–Trinajstić information content (AvgIpc) is 2.36. The van der Waals surface area contributed by atoms with Gasteiger partial charge in [0, 0.05) is 0 Å². The molecule has 0 saturated carbocycles. The molecule has 22 heavy (non-hydrogen) atoms. The molecule has 0 bridgehead atoms. The second-order valence-electron chi connectivity index (χ2n) is 5.67. The van der Waals surface area contributed by atoms with Crippen molar-refractivity contribution in [2.75, 3.05) is 19.1 Å². The molecule has 0 aromatic rings. The molecule has 0 saturated heterocycles. The van der Waals surface area contributed by atoms with E-state index in [4.69, 9.17) is 4.18 Å². The van der Waals surface area contributed by atoms with E-state index in [1.165, 1.54) is 32.1 Å². The summed E-state index contributed by atoms with van der Waals surface area (Å²) in [7, 11) is -7.22. The summed E-state index contributed by atoms with van der Waals surface area (Å²) in [5.74, 6) is 0. The number of rotatable bonds is 14. The standard InChI is InChI=1S/C14H30O6S2/c1-4-5-6-7-8-9-10-11-12-14(20-22(3,17)18)13-19-21(2,15)16/h14H,4-13H2,1-3H3. The lowest BCUT2D eigenvalue weighted by molar-refractivity contribution is 0.129. The molecular formula is C14H30O6S2. The van der Waals surface area contributed by atoms with E-state index in [1.807, 2.05) is 0 Å². The zero-order chi connectivity index (χ0) is 17.1. The summed E-state index contributed by atoms with van der Waals surface area (Å²) >= 11 is 0. The molecular weight excluding hydrogens is 328 g/mol. The van der Waals surface area contributed by atoms with Gasteiger partial charge in [-0.25, -0.2) is 0 Å². The van der Waals surface area contributed by atoms with Crippen molar-refractivity contribution in [1.82, 2.24) is 0 Å². The van der Waals surface area contributed by atoms with Gasteiger partial charge in [0.25, 0.3) is 20.2 Å². The van der Waals surface area contributed by atoms with Crippen LogP contribution in [0.5, 0.6) is 0 Å². The van der Waals surface area contributed by atoms with Crippen LogP contribution in [0.3, 0.4) is 0 Å². The zero-order valence-corrected chi connectivity index (χ0v) is 15.5. The van der Waals surface area contributed by atoms with Crippen LogP contribution < -0.4 is 0 Å². The topological polar surface area (TPSA) is 86.7 Å². The molecule has 0 N–H and O–H groups in total. The molecule has 0 aliphatic rings. The van der Waals surface area contributed by atoms with Crippen molar-refractivity contribution in [2.45, 2.75) is 70.8 Å². The summed E-state index contributed by atoms with van der Waals surface area (Å²) < 4.78 is 53.8. The highest BCUT2D eigenvalue weighted by molar-refractivity contribution is 7.86. The van der Waals surface area contributed by atoms with Crippen molar-refractivity contribution >= 4 is 20.2 Å². The molecule has 134 valence electrons. The van der Waals surface area contributed by atoms with Crippen molar-refractivity contribution in [2.24, 2.45) is 0 Å². The third kappa shape index (κ3) is 16.2. The maximum atomic E-state index is 11.2. The van der Waals surface area contributed by atoms with E-state index in [9.17, 15) is 16.8 Å². The highest BCUT2D eigenvalue weighted by Crippen LogP contribution is 2.13. The fourth-order valence-corrected chi connectivity index (χ4v) is 3.16. The highest BCUT2D eigenvalue weighted by atomic mass is 32.2. The zero-order valence-electron chi connectivity index (χ0n) is 13.9. The smallest absolute Gasteiger partial charge is 0.264 e. The predicted molar refractivity (Wildman–Crippen MR) is 87.7 cm³/mol. The van der Waals surface area contributed by atoms with Crippen LogP contribution in [-0.4, -0.2) is 42.1 Å². The fraction of sp³-hybridized carbons (Fsp3) is 1.00. The molecule has 1 unspecified atom stereocenters. The van der Waals surface area contributed by atoms with Crippen molar-refractivity contribution in [3.8, 4) is 0 Å². The van der Waals surface area contributed by atoms with E-state index in [0.29, 0.717) is 6.42 Å². The van der Waals surface area contributed by atoms with Crippen molar-refractivity contribution < 1.29 is 25.2 Å². The SMILES string of the molecule is CCCCCCCCCCC(COS(C)(=O)=O)OS(C)(=O)=O. The Hall–Kier alpha value is -0.180. The van der Waals surface area contributed by atoms with Crippen LogP contribution in [0.4, 0.5) is 0 Å². The first-order chi connectivity index (χ1) is 10.1. The molecule has 0 aromatic heterocycles. The maximum absolute atomic E-state index is 11.2. The van der Waals surface area contributed by atoms with E-state index in [1.54, 1.807) is 0 Å². The number of hydrogen-bond donors (Lipinski definition) is 0. The van der Waals surface area contributed by atoms with Crippen molar-refractivity contribution in [3.63, 3.8) is 0 Å². The minimum Gasteiger partial charge on any atom is -0.268 e. The Bertz CT molecular complexity index is 470. The number of hydrogen-bond acceptors (Lipinski definition) is 6. The lowest BCUT2D eigenvalue weighted by atomic mass is 10.1. The van der Waals surface area contributed by atoms with Gasteiger partial charge in [0.15, 0.2) is 0 Å². The molecule has 0 aliphatic carbocycles. The maximum Gasteiger partial charge on any atom is 0.264 e. The van der Waals surface area contributed by atoms with E-state index in [2.05, 4.69) is 11.1 Å². The van der Waals surface area contributed by atoms with Gasteiger partial charge in [-0.2, -0.15) is 16.8 Å². The Labute approximate surface area is 135 Å². The quantitative estimate of drug-likeness (QED) is 0.350. The Balaban J connectivity index is 3.98. The summed E-state index contributed by atoms with van der Waals surface area (Å²) in [5, 5.41) is 0. The van der Waals surface area contributed by atoms with Gasteiger partial charge < -0.3 is 0 Å². The van der Waals surface area contributed by atoms with Crippen LogP contribution in [0, 0.1) is 0 Å². The predicted octanol–water partition coefficient (Wildman–Crippen LogP) is 2.84. The van der Waals surface area contributed by atoms with Crippen LogP contribution >= 0.6 is 0 Å². The molecule has 0 rings (SSSR count). The molecule has 0 aliphatic heterocycles. The van der Waals surface area contributed by atoms with Gasteiger partial charge in [-0.3, -0.25) is 8.37 Å². The minimum atomic E-state index is -3.62. The van der Waals surface area contributed by atoms with Crippen LogP contribution in [0.15, 0.2) is 0 Å². The normalized spacial score (nSPS) is 14.1. The summed E-state index contributed by atoms with van der Waals surface area (Å²) in [6.45, 7) is 1.92. The van der Waals surface area contributed by atoms with Crippen molar-refractivity contribution in [1.29, 1.82) is 0 Å². The summed E-state index contributed by atoms with van der Waals surface area (Å²) in [6.07, 6.45) is 10.6. The molecule has 6 nitrogen and oxygen atoms in total. The third-order valence-corrected chi connectivity index (χ3v) is 4.34. The van der Waals surface area contributed by atoms with Gasteiger partial charge >= 0.3 is 0 Å². The minimum absolute atomic E-state index is 0.262. The molecule has 8 heteroatoms. The van der Waals surface area contributed by atoms with Crippen LogP contribution in [0.25, 0.3) is 0 Å². The van der Waals surface area contributed by atoms with Gasteiger partial charge in [0.1, 0.15) is 6.10 Å². The first-order valence-electron chi connectivity index (χ1n) is 7.86. The summed E-state index contributed by atoms with van der Waals surface area (Å²) in [4.78, 5) is 0. The van der Waals surface area contributed by atoms with Crippen LogP contribution in [0.1, 0.15) is 64.7 Å². The van der Waals surface area contributed by atoms with Crippen molar-refractivity contribution in [3.05, 3.63) is 0 Å². The second kappa shape index (κ2) is 11.4. The van der Waals surface area contributed by atoms with E-state index >= 15 is 0 Å². The number of unbranched alkanes of at least 4 members (excludes halogenated alkanes) is 7. The Kier molecular flexibility index (Phi) is 11.3. The first kappa shape index (κ1) is 21.8. The van der Waals surface area contributed by atoms with Crippen LogP contribution in [0.2, 0.25) is 0 Å². The largest absolute Gasteiger partial charge is 0.268 e.